The van der Waals surface area contributed by atoms with Gasteiger partial charge < -0.3 is 9.47 Å². The smallest absolute Gasteiger partial charge is 0.162 e. The van der Waals surface area contributed by atoms with Crippen molar-refractivity contribution >= 4 is 28.2 Å². The highest BCUT2D eigenvalue weighted by atomic mass is 35.5. The number of Topliss-reactive ketones (excluding diaryl/α,β-unsaturated/α-hetero) is 1. The lowest BCUT2D eigenvalue weighted by Crippen LogP contribution is -1.99. The number of alkyl halides is 1. The molecule has 0 bridgehead atoms. The van der Waals surface area contributed by atoms with Gasteiger partial charge in [-0.2, -0.15) is 0 Å². The van der Waals surface area contributed by atoms with E-state index in [0.29, 0.717) is 35.8 Å². The number of ketones is 1. The fourth-order valence-electron chi connectivity index (χ4n) is 2.12. The van der Waals surface area contributed by atoms with E-state index in [-0.39, 0.29) is 5.78 Å². The molecular weight excluding hydrogens is 276 g/mol. The van der Waals surface area contributed by atoms with Crippen molar-refractivity contribution in [2.24, 2.45) is 0 Å². The first kappa shape index (κ1) is 14.7. The molecule has 0 radical (unpaired) electrons. The molecular formula is C16H17ClO3. The van der Waals surface area contributed by atoms with Crippen LogP contribution < -0.4 is 9.47 Å². The van der Waals surface area contributed by atoms with Crippen LogP contribution in [0.1, 0.15) is 23.2 Å². The summed E-state index contributed by atoms with van der Waals surface area (Å²) in [6.45, 7) is 0. The number of hydrogen-bond donors (Lipinski definition) is 0. The average Bonchev–Trinajstić information content (AvgIpc) is 2.50. The van der Waals surface area contributed by atoms with Gasteiger partial charge in [0.05, 0.1) is 14.2 Å². The summed E-state index contributed by atoms with van der Waals surface area (Å²) in [5, 5.41) is 1.97. The predicted molar refractivity (Wildman–Crippen MR) is 81.3 cm³/mol. The van der Waals surface area contributed by atoms with Crippen LogP contribution in [-0.4, -0.2) is 25.9 Å². The first-order valence-corrected chi connectivity index (χ1v) is 6.98. The summed E-state index contributed by atoms with van der Waals surface area (Å²) in [4.78, 5) is 12.0. The Morgan fingerprint density at radius 3 is 2.30 bits per heavy atom. The minimum absolute atomic E-state index is 0.113. The number of carbonyl (C=O) groups is 1. The number of methoxy groups -OCH3 is 2. The Kier molecular flexibility index (Phi) is 4.85. The molecule has 0 spiro atoms. The van der Waals surface area contributed by atoms with Gasteiger partial charge in [-0.25, -0.2) is 0 Å². The zero-order valence-corrected chi connectivity index (χ0v) is 12.4. The van der Waals surface area contributed by atoms with Crippen molar-refractivity contribution in [1.82, 2.24) is 0 Å². The quantitative estimate of drug-likeness (QED) is 0.595. The fraction of sp³-hybridized carbons (Fsp3) is 0.312. The van der Waals surface area contributed by atoms with Gasteiger partial charge in [-0.1, -0.05) is 12.1 Å². The average molecular weight is 293 g/mol. The highest BCUT2D eigenvalue weighted by Crippen LogP contribution is 2.32. The molecule has 0 saturated carbocycles. The number of carbonyl (C=O) groups excluding carboxylic acids is 1. The van der Waals surface area contributed by atoms with Crippen LogP contribution in [0.5, 0.6) is 11.5 Å². The van der Waals surface area contributed by atoms with Crippen LogP contribution in [-0.2, 0) is 0 Å². The van der Waals surface area contributed by atoms with Gasteiger partial charge in [-0.15, -0.1) is 11.6 Å². The topological polar surface area (TPSA) is 35.5 Å². The van der Waals surface area contributed by atoms with E-state index in [1.807, 2.05) is 30.3 Å². The second-order valence-electron chi connectivity index (χ2n) is 4.48. The lowest BCUT2D eigenvalue weighted by Gasteiger charge is -2.10. The highest BCUT2D eigenvalue weighted by Gasteiger charge is 2.09. The van der Waals surface area contributed by atoms with E-state index < -0.39 is 0 Å². The van der Waals surface area contributed by atoms with Crippen LogP contribution in [0.15, 0.2) is 30.3 Å². The third kappa shape index (κ3) is 3.05. The molecule has 2 rings (SSSR count). The predicted octanol–water partition coefficient (Wildman–Crippen LogP) is 4.06. The van der Waals surface area contributed by atoms with Crippen LogP contribution in [0.3, 0.4) is 0 Å². The molecule has 0 aliphatic rings. The minimum Gasteiger partial charge on any atom is -0.493 e. The molecule has 0 aliphatic heterocycles. The zero-order valence-electron chi connectivity index (χ0n) is 11.6. The molecule has 0 aliphatic carbocycles. The van der Waals surface area contributed by atoms with Crippen molar-refractivity contribution < 1.29 is 14.3 Å². The number of fused-ring (bicyclic) bond motifs is 1. The molecule has 3 nitrogen and oxygen atoms in total. The molecule has 0 saturated heterocycles. The van der Waals surface area contributed by atoms with Gasteiger partial charge in [0.25, 0.3) is 0 Å². The third-order valence-electron chi connectivity index (χ3n) is 3.20. The van der Waals surface area contributed by atoms with Crippen LogP contribution in [0.4, 0.5) is 0 Å². The summed E-state index contributed by atoms with van der Waals surface area (Å²) in [7, 11) is 3.20. The zero-order chi connectivity index (χ0) is 14.5. The second kappa shape index (κ2) is 6.62. The largest absolute Gasteiger partial charge is 0.493 e. The van der Waals surface area contributed by atoms with E-state index in [9.17, 15) is 4.79 Å². The molecule has 2 aromatic rings. The lowest BCUT2D eigenvalue weighted by atomic mass is 10.0. The maximum atomic E-state index is 12.0. The van der Waals surface area contributed by atoms with Gasteiger partial charge in [-0.05, 0) is 35.4 Å². The molecule has 20 heavy (non-hydrogen) atoms. The van der Waals surface area contributed by atoms with Crippen molar-refractivity contribution in [2.45, 2.75) is 12.8 Å². The normalized spacial score (nSPS) is 10.6. The van der Waals surface area contributed by atoms with Crippen LogP contribution in [0, 0.1) is 0 Å². The molecule has 0 amide bonds. The number of hydrogen-bond acceptors (Lipinski definition) is 3. The van der Waals surface area contributed by atoms with E-state index in [0.717, 1.165) is 10.8 Å². The number of ether oxygens (including phenoxy) is 2. The Balaban J connectivity index is 2.40. The van der Waals surface area contributed by atoms with Gasteiger partial charge in [0.2, 0.25) is 0 Å². The SMILES string of the molecule is COc1cc2ccc(C(=O)CCCCl)cc2cc1OC. The van der Waals surface area contributed by atoms with E-state index in [2.05, 4.69) is 0 Å². The van der Waals surface area contributed by atoms with Gasteiger partial charge in [0.1, 0.15) is 0 Å². The number of halogens is 1. The summed E-state index contributed by atoms with van der Waals surface area (Å²) in [6, 6.07) is 9.43. The molecule has 0 unspecified atom stereocenters. The molecule has 106 valence electrons. The first-order chi connectivity index (χ1) is 9.69. The molecule has 0 fully saturated rings. The summed E-state index contributed by atoms with van der Waals surface area (Å²) in [6.07, 6.45) is 1.17. The maximum absolute atomic E-state index is 12.0. The molecule has 2 aromatic carbocycles. The second-order valence-corrected chi connectivity index (χ2v) is 4.86. The highest BCUT2D eigenvalue weighted by molar-refractivity contribution is 6.18. The van der Waals surface area contributed by atoms with E-state index >= 15 is 0 Å². The summed E-state index contributed by atoms with van der Waals surface area (Å²) in [5.74, 6) is 1.96. The summed E-state index contributed by atoms with van der Waals surface area (Å²) >= 11 is 5.62. The monoisotopic (exact) mass is 292 g/mol. The van der Waals surface area contributed by atoms with Crippen LogP contribution in [0.25, 0.3) is 10.8 Å². The minimum atomic E-state index is 0.113. The Bertz CT molecular complexity index is 622. The lowest BCUT2D eigenvalue weighted by molar-refractivity contribution is 0.0982. The van der Waals surface area contributed by atoms with E-state index in [1.54, 1.807) is 14.2 Å². The van der Waals surface area contributed by atoms with Crippen molar-refractivity contribution in [3.05, 3.63) is 35.9 Å². The Morgan fingerprint density at radius 1 is 1.05 bits per heavy atom. The standard InChI is InChI=1S/C16H17ClO3/c1-19-15-9-11-5-6-12(14(18)4-3-7-17)8-13(11)10-16(15)20-2/h5-6,8-10H,3-4,7H2,1-2H3. The van der Waals surface area contributed by atoms with E-state index in [4.69, 9.17) is 21.1 Å². The van der Waals surface area contributed by atoms with Crippen molar-refractivity contribution in [1.29, 1.82) is 0 Å². The molecule has 0 aromatic heterocycles. The molecule has 0 N–H and O–H groups in total. The molecule has 0 heterocycles. The van der Waals surface area contributed by atoms with Gasteiger partial charge >= 0.3 is 0 Å². The van der Waals surface area contributed by atoms with Crippen molar-refractivity contribution in [3.63, 3.8) is 0 Å². The van der Waals surface area contributed by atoms with Gasteiger partial charge in [-0.3, -0.25) is 4.79 Å². The Hall–Kier alpha value is -1.74. The number of rotatable bonds is 6. The van der Waals surface area contributed by atoms with Crippen LogP contribution >= 0.6 is 11.6 Å². The first-order valence-electron chi connectivity index (χ1n) is 6.44. The number of benzene rings is 2. The molecule has 0 atom stereocenters. The van der Waals surface area contributed by atoms with Gasteiger partial charge in [0.15, 0.2) is 17.3 Å². The summed E-state index contributed by atoms with van der Waals surface area (Å²) in [5.41, 5.74) is 0.704. The van der Waals surface area contributed by atoms with Crippen molar-refractivity contribution in [3.8, 4) is 11.5 Å². The third-order valence-corrected chi connectivity index (χ3v) is 3.47. The van der Waals surface area contributed by atoms with Crippen molar-refractivity contribution in [2.75, 3.05) is 20.1 Å². The Morgan fingerprint density at radius 2 is 1.70 bits per heavy atom. The van der Waals surface area contributed by atoms with Gasteiger partial charge in [0, 0.05) is 17.9 Å². The molecule has 4 heteroatoms. The van der Waals surface area contributed by atoms with E-state index in [1.165, 1.54) is 0 Å². The fourth-order valence-corrected chi connectivity index (χ4v) is 2.25. The summed E-state index contributed by atoms with van der Waals surface area (Å²) < 4.78 is 10.6. The van der Waals surface area contributed by atoms with Crippen LogP contribution in [0.2, 0.25) is 0 Å². The Labute approximate surface area is 123 Å². The maximum Gasteiger partial charge on any atom is 0.162 e.